The number of methoxy groups -OCH3 is 1. The van der Waals surface area contributed by atoms with Crippen LogP contribution in [0.3, 0.4) is 0 Å². The van der Waals surface area contributed by atoms with Gasteiger partial charge in [-0.25, -0.2) is 4.79 Å². The van der Waals surface area contributed by atoms with E-state index in [1.807, 2.05) is 35.2 Å². The van der Waals surface area contributed by atoms with E-state index < -0.39 is 0 Å². The zero-order chi connectivity index (χ0) is 20.8. The molecule has 0 unspecified atom stereocenters. The molecule has 1 aliphatic heterocycles. The molecule has 0 spiro atoms. The maximum absolute atomic E-state index is 12.7. The minimum Gasteiger partial charge on any atom is -0.497 e. The van der Waals surface area contributed by atoms with Crippen LogP contribution in [0.4, 0.5) is 16.2 Å². The number of anilines is 2. The van der Waals surface area contributed by atoms with Gasteiger partial charge in [-0.1, -0.05) is 30.3 Å². The van der Waals surface area contributed by atoms with E-state index in [1.165, 1.54) is 0 Å². The molecule has 2 aromatic carbocycles. The monoisotopic (exact) mass is 432 g/mol. The van der Waals surface area contributed by atoms with Gasteiger partial charge in [-0.2, -0.15) is 0 Å². The first kappa shape index (κ1) is 23.3. The van der Waals surface area contributed by atoms with Crippen molar-refractivity contribution in [2.24, 2.45) is 5.92 Å². The second kappa shape index (κ2) is 10.7. The Morgan fingerprint density at radius 2 is 1.83 bits per heavy atom. The molecule has 0 atom stereocenters. The van der Waals surface area contributed by atoms with Crippen molar-refractivity contribution in [3.8, 4) is 5.75 Å². The van der Waals surface area contributed by atoms with Gasteiger partial charge in [0.05, 0.1) is 18.5 Å². The van der Waals surface area contributed by atoms with Gasteiger partial charge < -0.3 is 25.6 Å². The summed E-state index contributed by atoms with van der Waals surface area (Å²) in [5.41, 5.74) is 8.09. The molecule has 1 fully saturated rings. The Balaban J connectivity index is 0.00000320. The first-order chi connectivity index (χ1) is 14.0. The summed E-state index contributed by atoms with van der Waals surface area (Å²) in [4.78, 5) is 28.9. The van der Waals surface area contributed by atoms with Crippen molar-refractivity contribution in [1.82, 2.24) is 9.80 Å². The molecule has 1 aliphatic rings. The summed E-state index contributed by atoms with van der Waals surface area (Å²) in [5.74, 6) is 0.412. The average Bonchev–Trinajstić information content (AvgIpc) is 2.75. The molecule has 2 aromatic rings. The van der Waals surface area contributed by atoms with Gasteiger partial charge in [0.25, 0.3) is 0 Å². The summed E-state index contributed by atoms with van der Waals surface area (Å²) in [5, 5.41) is 2.90. The van der Waals surface area contributed by atoms with E-state index in [0.717, 1.165) is 5.56 Å². The first-order valence-corrected chi connectivity index (χ1v) is 9.76. The van der Waals surface area contributed by atoms with Crippen LogP contribution in [0.15, 0.2) is 48.5 Å². The molecule has 162 valence electrons. The summed E-state index contributed by atoms with van der Waals surface area (Å²) in [6.07, 6.45) is 1.25. The molecule has 0 aliphatic carbocycles. The van der Waals surface area contributed by atoms with E-state index in [-0.39, 0.29) is 30.3 Å². The highest BCUT2D eigenvalue weighted by atomic mass is 35.5. The number of likely N-dealkylation sites (tertiary alicyclic amines) is 1. The number of nitrogens with two attached hydrogens (primary N) is 1. The van der Waals surface area contributed by atoms with Crippen LogP contribution < -0.4 is 15.8 Å². The highest BCUT2D eigenvalue weighted by Crippen LogP contribution is 2.26. The Hall–Kier alpha value is -2.93. The summed E-state index contributed by atoms with van der Waals surface area (Å²) < 4.78 is 5.19. The second-order valence-electron chi connectivity index (χ2n) is 7.33. The molecule has 3 N–H and O–H groups in total. The lowest BCUT2D eigenvalue weighted by Crippen LogP contribution is -2.46. The van der Waals surface area contributed by atoms with Gasteiger partial charge in [0.2, 0.25) is 5.91 Å². The Labute approximate surface area is 183 Å². The number of carbonyl (C=O) groups is 2. The lowest BCUT2D eigenvalue weighted by atomic mass is 9.96. The number of nitrogen functional groups attached to an aromatic ring is 1. The van der Waals surface area contributed by atoms with Crippen molar-refractivity contribution in [2.75, 3.05) is 38.3 Å². The van der Waals surface area contributed by atoms with Crippen LogP contribution >= 0.6 is 12.4 Å². The van der Waals surface area contributed by atoms with Gasteiger partial charge in [0.15, 0.2) is 0 Å². The summed E-state index contributed by atoms with van der Waals surface area (Å²) in [6, 6.07) is 15.1. The number of rotatable bonds is 5. The summed E-state index contributed by atoms with van der Waals surface area (Å²) >= 11 is 0. The zero-order valence-corrected chi connectivity index (χ0v) is 18.2. The molecule has 3 rings (SSSR count). The molecule has 0 saturated carbocycles. The van der Waals surface area contributed by atoms with Crippen LogP contribution in [-0.4, -0.2) is 49.0 Å². The fraction of sp³-hybridized carbons (Fsp3) is 0.364. The van der Waals surface area contributed by atoms with Crippen LogP contribution in [0.1, 0.15) is 18.4 Å². The number of nitrogens with one attached hydrogen (secondary N) is 1. The molecule has 1 heterocycles. The topological polar surface area (TPSA) is 87.9 Å². The van der Waals surface area contributed by atoms with Gasteiger partial charge in [-0.15, -0.1) is 12.4 Å². The van der Waals surface area contributed by atoms with Crippen molar-refractivity contribution in [3.05, 3.63) is 54.1 Å². The maximum atomic E-state index is 12.7. The van der Waals surface area contributed by atoms with Crippen molar-refractivity contribution in [3.63, 3.8) is 0 Å². The lowest BCUT2D eigenvalue weighted by molar-refractivity contribution is -0.121. The number of benzene rings is 2. The van der Waals surface area contributed by atoms with Crippen molar-refractivity contribution in [2.45, 2.75) is 19.4 Å². The van der Waals surface area contributed by atoms with Gasteiger partial charge in [0, 0.05) is 38.7 Å². The average molecular weight is 433 g/mol. The molecule has 30 heavy (non-hydrogen) atoms. The van der Waals surface area contributed by atoms with Crippen LogP contribution in [0.2, 0.25) is 0 Å². The normalized spacial score (nSPS) is 13.9. The molecular weight excluding hydrogens is 404 g/mol. The van der Waals surface area contributed by atoms with Gasteiger partial charge >= 0.3 is 6.03 Å². The van der Waals surface area contributed by atoms with Gasteiger partial charge in [-0.3, -0.25) is 4.79 Å². The smallest absolute Gasteiger partial charge is 0.320 e. The molecule has 8 heteroatoms. The Bertz CT molecular complexity index is 855. The Morgan fingerprint density at radius 3 is 2.47 bits per heavy atom. The van der Waals surface area contributed by atoms with E-state index in [1.54, 1.807) is 37.3 Å². The number of amides is 3. The van der Waals surface area contributed by atoms with Crippen molar-refractivity contribution >= 4 is 35.7 Å². The number of halogens is 1. The highest BCUT2D eigenvalue weighted by molar-refractivity contribution is 5.95. The lowest BCUT2D eigenvalue weighted by Gasteiger charge is -2.34. The van der Waals surface area contributed by atoms with E-state index in [4.69, 9.17) is 10.5 Å². The van der Waals surface area contributed by atoms with E-state index in [2.05, 4.69) is 5.32 Å². The SMILES string of the molecule is COc1ccc(N)c(NC(=O)C2CCN(C(=O)N(C)Cc3ccccc3)CC2)c1.Cl. The third kappa shape index (κ3) is 5.79. The number of nitrogens with zero attached hydrogens (tertiary/aromatic N) is 2. The molecule has 0 bridgehead atoms. The van der Waals surface area contributed by atoms with Crippen LogP contribution in [-0.2, 0) is 11.3 Å². The predicted octanol–water partition coefficient (Wildman–Crippen LogP) is 3.60. The van der Waals surface area contributed by atoms with E-state index >= 15 is 0 Å². The highest BCUT2D eigenvalue weighted by Gasteiger charge is 2.29. The second-order valence-corrected chi connectivity index (χ2v) is 7.33. The van der Waals surface area contributed by atoms with Crippen LogP contribution in [0, 0.1) is 5.92 Å². The number of hydrogen-bond acceptors (Lipinski definition) is 4. The number of ether oxygens (including phenoxy) is 1. The minimum absolute atomic E-state index is 0. The van der Waals surface area contributed by atoms with E-state index in [0.29, 0.717) is 49.6 Å². The molecule has 0 aromatic heterocycles. The first-order valence-electron chi connectivity index (χ1n) is 9.76. The Morgan fingerprint density at radius 1 is 1.17 bits per heavy atom. The molecule has 1 saturated heterocycles. The predicted molar refractivity (Wildman–Crippen MR) is 121 cm³/mol. The zero-order valence-electron chi connectivity index (χ0n) is 17.3. The standard InChI is InChI=1S/C22H28N4O3.ClH/c1-25(15-16-6-4-3-5-7-16)22(28)26-12-10-17(11-13-26)21(27)24-20-14-18(29-2)8-9-19(20)23;/h3-9,14,17H,10-13,15,23H2,1-2H3,(H,24,27);1H. The fourth-order valence-corrected chi connectivity index (χ4v) is 3.50. The largest absolute Gasteiger partial charge is 0.497 e. The van der Waals surface area contributed by atoms with Crippen LogP contribution in [0.25, 0.3) is 0 Å². The van der Waals surface area contributed by atoms with Crippen LogP contribution in [0.5, 0.6) is 5.75 Å². The van der Waals surface area contributed by atoms with Crippen molar-refractivity contribution in [1.29, 1.82) is 0 Å². The molecule has 0 radical (unpaired) electrons. The number of piperidine rings is 1. The Kier molecular flexibility index (Phi) is 8.35. The fourth-order valence-electron chi connectivity index (χ4n) is 3.50. The minimum atomic E-state index is -0.149. The third-order valence-corrected chi connectivity index (χ3v) is 5.24. The number of urea groups is 1. The van der Waals surface area contributed by atoms with Crippen molar-refractivity contribution < 1.29 is 14.3 Å². The molecular formula is C22H29ClN4O3. The van der Waals surface area contributed by atoms with E-state index in [9.17, 15) is 9.59 Å². The quantitative estimate of drug-likeness (QED) is 0.706. The maximum Gasteiger partial charge on any atom is 0.320 e. The van der Waals surface area contributed by atoms with Gasteiger partial charge in [-0.05, 0) is 30.5 Å². The summed E-state index contributed by atoms with van der Waals surface area (Å²) in [7, 11) is 3.37. The molecule has 7 nitrogen and oxygen atoms in total. The number of hydrogen-bond donors (Lipinski definition) is 2. The molecule has 3 amide bonds. The third-order valence-electron chi connectivity index (χ3n) is 5.24. The summed E-state index contributed by atoms with van der Waals surface area (Å²) in [6.45, 7) is 1.68. The van der Waals surface area contributed by atoms with Gasteiger partial charge in [0.1, 0.15) is 5.75 Å². The number of carbonyl (C=O) groups excluding carboxylic acids is 2.